The van der Waals surface area contributed by atoms with Crippen LogP contribution in [0.4, 0.5) is 17.6 Å². The number of aromatic nitrogens is 1. The van der Waals surface area contributed by atoms with Gasteiger partial charge in [-0.25, -0.2) is 9.37 Å². The molecule has 1 heterocycles. The molecule has 0 bridgehead atoms. The van der Waals surface area contributed by atoms with Crippen molar-refractivity contribution >= 4 is 5.91 Å². The van der Waals surface area contributed by atoms with Gasteiger partial charge < -0.3 is 14.8 Å². The van der Waals surface area contributed by atoms with E-state index >= 15 is 0 Å². The molecule has 9 heteroatoms. The third-order valence-corrected chi connectivity index (χ3v) is 3.13. The third-order valence-electron chi connectivity index (χ3n) is 3.13. The molecule has 2 rings (SSSR count). The van der Waals surface area contributed by atoms with Crippen LogP contribution in [0.15, 0.2) is 42.6 Å². The van der Waals surface area contributed by atoms with E-state index in [2.05, 4.69) is 15.0 Å². The van der Waals surface area contributed by atoms with E-state index in [1.165, 1.54) is 43.5 Å². The fourth-order valence-electron chi connectivity index (χ4n) is 1.93. The number of nitrogens with one attached hydrogen (secondary N) is 1. The maximum absolute atomic E-state index is 13.1. The molecule has 0 fully saturated rings. The highest BCUT2D eigenvalue weighted by atomic mass is 19.4. The minimum absolute atomic E-state index is 0.0422. The summed E-state index contributed by atoms with van der Waals surface area (Å²) in [6.45, 7) is 0.0829. The molecule has 0 saturated heterocycles. The number of rotatable bonds is 7. The molecule has 1 aromatic heterocycles. The molecule has 0 aliphatic heterocycles. The molecule has 1 N–H and O–H groups in total. The number of hydrogen-bond donors (Lipinski definition) is 1. The molecule has 0 unspecified atom stereocenters. The number of carbonyl (C=O) groups is 1. The Kier molecular flexibility index (Phi) is 6.37. The zero-order chi connectivity index (χ0) is 19.2. The first-order chi connectivity index (χ1) is 12.2. The Bertz CT molecular complexity index is 753. The van der Waals surface area contributed by atoms with Gasteiger partial charge >= 0.3 is 6.18 Å². The van der Waals surface area contributed by atoms with Gasteiger partial charge in [-0.15, -0.1) is 0 Å². The standard InChI is InChI=1S/C17H16F4N2O3/c1-11(26-14-4-2-3-13(18)8-14)16(24)23-9-12-5-6-22-15(7-12)25-10-17(19,20)21/h2-8,11H,9-10H2,1H3,(H,23,24)/t11-/m1/s1. The first-order valence-electron chi connectivity index (χ1n) is 7.57. The summed E-state index contributed by atoms with van der Waals surface area (Å²) in [6.07, 6.45) is -4.07. The van der Waals surface area contributed by atoms with Crippen molar-refractivity contribution < 1.29 is 31.8 Å². The van der Waals surface area contributed by atoms with Gasteiger partial charge in [0.1, 0.15) is 11.6 Å². The van der Waals surface area contributed by atoms with Crippen molar-refractivity contribution in [3.63, 3.8) is 0 Å². The van der Waals surface area contributed by atoms with Crippen molar-refractivity contribution in [3.8, 4) is 11.6 Å². The van der Waals surface area contributed by atoms with Gasteiger partial charge in [-0.2, -0.15) is 13.2 Å². The number of halogens is 4. The van der Waals surface area contributed by atoms with Crippen molar-refractivity contribution in [3.05, 3.63) is 54.0 Å². The predicted octanol–water partition coefficient (Wildman–Crippen LogP) is 3.25. The molecule has 0 spiro atoms. The highest BCUT2D eigenvalue weighted by Crippen LogP contribution is 2.18. The Morgan fingerprint density at radius 2 is 2.04 bits per heavy atom. The van der Waals surface area contributed by atoms with Crippen LogP contribution in [0.5, 0.6) is 11.6 Å². The molecule has 0 saturated carbocycles. The van der Waals surface area contributed by atoms with E-state index in [1.807, 2.05) is 0 Å². The van der Waals surface area contributed by atoms with E-state index in [-0.39, 0.29) is 18.2 Å². The minimum Gasteiger partial charge on any atom is -0.481 e. The highest BCUT2D eigenvalue weighted by molar-refractivity contribution is 5.80. The van der Waals surface area contributed by atoms with Crippen LogP contribution >= 0.6 is 0 Å². The summed E-state index contributed by atoms with van der Waals surface area (Å²) >= 11 is 0. The Morgan fingerprint density at radius 1 is 1.27 bits per heavy atom. The number of benzene rings is 1. The lowest BCUT2D eigenvalue weighted by Gasteiger charge is -2.15. The third kappa shape index (κ3) is 6.58. The van der Waals surface area contributed by atoms with Crippen LogP contribution < -0.4 is 14.8 Å². The summed E-state index contributed by atoms with van der Waals surface area (Å²) in [6, 6.07) is 8.19. The number of amides is 1. The molecule has 140 valence electrons. The zero-order valence-electron chi connectivity index (χ0n) is 13.7. The first-order valence-corrected chi connectivity index (χ1v) is 7.57. The molecule has 0 radical (unpaired) electrons. The van der Waals surface area contributed by atoms with Crippen molar-refractivity contribution in [1.29, 1.82) is 0 Å². The molecule has 1 aromatic carbocycles. The molecule has 1 atom stereocenters. The quantitative estimate of drug-likeness (QED) is 0.758. The maximum atomic E-state index is 13.1. The van der Waals surface area contributed by atoms with Crippen LogP contribution in [0.1, 0.15) is 12.5 Å². The lowest BCUT2D eigenvalue weighted by atomic mass is 10.2. The van der Waals surface area contributed by atoms with Crippen molar-refractivity contribution in [2.45, 2.75) is 25.7 Å². The Labute approximate surface area is 146 Å². The topological polar surface area (TPSA) is 60.5 Å². The highest BCUT2D eigenvalue weighted by Gasteiger charge is 2.28. The van der Waals surface area contributed by atoms with Gasteiger partial charge in [0.05, 0.1) is 0 Å². The van der Waals surface area contributed by atoms with E-state index in [9.17, 15) is 22.4 Å². The van der Waals surface area contributed by atoms with Gasteiger partial charge in [0.2, 0.25) is 5.88 Å². The predicted molar refractivity (Wildman–Crippen MR) is 84.1 cm³/mol. The number of carbonyl (C=O) groups excluding carboxylic acids is 1. The van der Waals surface area contributed by atoms with Gasteiger partial charge in [-0.1, -0.05) is 6.07 Å². The van der Waals surface area contributed by atoms with Crippen LogP contribution in [0.25, 0.3) is 0 Å². The number of hydrogen-bond acceptors (Lipinski definition) is 4. The van der Waals surface area contributed by atoms with Gasteiger partial charge in [0.15, 0.2) is 12.7 Å². The fourth-order valence-corrected chi connectivity index (χ4v) is 1.93. The summed E-state index contributed by atoms with van der Waals surface area (Å²) in [5, 5.41) is 2.57. The molecule has 26 heavy (non-hydrogen) atoms. The SMILES string of the molecule is C[C@@H](Oc1cccc(F)c1)C(=O)NCc1ccnc(OCC(F)(F)F)c1. The van der Waals surface area contributed by atoms with E-state index in [4.69, 9.17) is 4.74 Å². The average Bonchev–Trinajstić information content (AvgIpc) is 2.57. The molecule has 1 amide bonds. The van der Waals surface area contributed by atoms with Crippen molar-refractivity contribution in [1.82, 2.24) is 10.3 Å². The molecule has 0 aliphatic carbocycles. The molecule has 0 aliphatic rings. The van der Waals surface area contributed by atoms with Crippen LogP contribution in [0, 0.1) is 5.82 Å². The fraction of sp³-hybridized carbons (Fsp3) is 0.294. The first kappa shape index (κ1) is 19.5. The van der Waals surface area contributed by atoms with Gasteiger partial charge in [-0.05, 0) is 30.7 Å². The van der Waals surface area contributed by atoms with E-state index < -0.39 is 30.6 Å². The Balaban J connectivity index is 1.86. The number of pyridine rings is 1. The van der Waals surface area contributed by atoms with Gasteiger partial charge in [0.25, 0.3) is 5.91 Å². The monoisotopic (exact) mass is 372 g/mol. The smallest absolute Gasteiger partial charge is 0.422 e. The normalized spacial score (nSPS) is 12.3. The van der Waals surface area contributed by atoms with E-state index in [0.29, 0.717) is 5.56 Å². The van der Waals surface area contributed by atoms with Crippen LogP contribution in [0.3, 0.4) is 0 Å². The summed E-state index contributed by atoms with van der Waals surface area (Å²) < 4.78 is 59.4. The van der Waals surface area contributed by atoms with Crippen molar-refractivity contribution in [2.75, 3.05) is 6.61 Å². The second-order valence-corrected chi connectivity index (χ2v) is 5.34. The minimum atomic E-state index is -4.46. The summed E-state index contributed by atoms with van der Waals surface area (Å²) in [5.74, 6) is -0.945. The average molecular weight is 372 g/mol. The largest absolute Gasteiger partial charge is 0.481 e. The summed E-state index contributed by atoms with van der Waals surface area (Å²) in [7, 11) is 0. The molecule has 2 aromatic rings. The van der Waals surface area contributed by atoms with Crippen LogP contribution in [-0.2, 0) is 11.3 Å². The van der Waals surface area contributed by atoms with Crippen molar-refractivity contribution in [2.24, 2.45) is 0 Å². The van der Waals surface area contributed by atoms with E-state index in [1.54, 1.807) is 0 Å². The Morgan fingerprint density at radius 3 is 2.73 bits per heavy atom. The number of nitrogens with zero attached hydrogens (tertiary/aromatic N) is 1. The van der Waals surface area contributed by atoms with Gasteiger partial charge in [-0.3, -0.25) is 4.79 Å². The van der Waals surface area contributed by atoms with Gasteiger partial charge in [0, 0.05) is 24.9 Å². The lowest BCUT2D eigenvalue weighted by Crippen LogP contribution is -2.35. The summed E-state index contributed by atoms with van der Waals surface area (Å²) in [4.78, 5) is 15.7. The van der Waals surface area contributed by atoms with Crippen LogP contribution in [0.2, 0.25) is 0 Å². The molecule has 5 nitrogen and oxygen atoms in total. The lowest BCUT2D eigenvalue weighted by molar-refractivity contribution is -0.154. The zero-order valence-corrected chi connectivity index (χ0v) is 13.7. The number of alkyl halides is 3. The second-order valence-electron chi connectivity index (χ2n) is 5.34. The number of ether oxygens (including phenoxy) is 2. The van der Waals surface area contributed by atoms with Crippen LogP contribution in [-0.4, -0.2) is 29.8 Å². The summed E-state index contributed by atoms with van der Waals surface area (Å²) in [5.41, 5.74) is 0.503. The molecular formula is C17H16F4N2O3. The molecular weight excluding hydrogens is 356 g/mol. The Hall–Kier alpha value is -2.84. The maximum Gasteiger partial charge on any atom is 0.422 e. The second kappa shape index (κ2) is 8.50. The van der Waals surface area contributed by atoms with E-state index in [0.717, 1.165) is 6.07 Å².